The van der Waals surface area contributed by atoms with Gasteiger partial charge in [-0.1, -0.05) is 13.3 Å². The molecule has 2 saturated carbocycles. The molecular formula is C15H23NS. The summed E-state index contributed by atoms with van der Waals surface area (Å²) in [5.41, 5.74) is 1.59. The lowest BCUT2D eigenvalue weighted by molar-refractivity contribution is 0.425. The second kappa shape index (κ2) is 4.40. The Balaban J connectivity index is 1.83. The molecule has 0 aromatic carbocycles. The molecule has 2 aliphatic rings. The summed E-state index contributed by atoms with van der Waals surface area (Å²) in [6.07, 6.45) is 4.45. The Morgan fingerprint density at radius 2 is 2.06 bits per heavy atom. The lowest BCUT2D eigenvalue weighted by atomic mass is 9.97. The molecule has 2 heteroatoms. The van der Waals surface area contributed by atoms with Gasteiger partial charge in [0, 0.05) is 15.8 Å². The molecule has 3 unspecified atom stereocenters. The topological polar surface area (TPSA) is 12.0 Å². The molecule has 2 aliphatic carbocycles. The van der Waals surface area contributed by atoms with E-state index in [1.807, 2.05) is 11.3 Å². The minimum Gasteiger partial charge on any atom is -0.310 e. The molecule has 1 N–H and O–H groups in total. The summed E-state index contributed by atoms with van der Waals surface area (Å²) in [7, 11) is 0. The fourth-order valence-corrected chi connectivity index (χ4v) is 4.98. The predicted octanol–water partition coefficient (Wildman–Crippen LogP) is 4.06. The van der Waals surface area contributed by atoms with E-state index in [9.17, 15) is 0 Å². The van der Waals surface area contributed by atoms with Crippen LogP contribution in [0, 0.1) is 31.6 Å². The Labute approximate surface area is 109 Å². The van der Waals surface area contributed by atoms with Gasteiger partial charge in [0.25, 0.3) is 0 Å². The van der Waals surface area contributed by atoms with Crippen LogP contribution in [0.4, 0.5) is 0 Å². The molecular weight excluding hydrogens is 226 g/mol. The molecule has 94 valence electrons. The summed E-state index contributed by atoms with van der Waals surface area (Å²) in [6, 6.07) is 3.06. The van der Waals surface area contributed by atoms with E-state index in [1.54, 1.807) is 5.56 Å². The molecule has 0 spiro atoms. The molecule has 0 amide bonds. The zero-order chi connectivity index (χ0) is 12.0. The summed E-state index contributed by atoms with van der Waals surface area (Å²) in [4.78, 5) is 2.99. The van der Waals surface area contributed by atoms with Crippen LogP contribution in [0.1, 0.15) is 47.5 Å². The zero-order valence-electron chi connectivity index (χ0n) is 11.1. The third-order valence-electron chi connectivity index (χ3n) is 4.70. The molecule has 1 aromatic rings. The average molecular weight is 249 g/mol. The first-order valence-electron chi connectivity index (χ1n) is 7.02. The van der Waals surface area contributed by atoms with E-state index in [0.717, 1.165) is 24.3 Å². The van der Waals surface area contributed by atoms with Crippen molar-refractivity contribution in [3.8, 4) is 0 Å². The van der Waals surface area contributed by atoms with Gasteiger partial charge < -0.3 is 5.32 Å². The van der Waals surface area contributed by atoms with Gasteiger partial charge in [-0.05, 0) is 62.6 Å². The fourth-order valence-electron chi connectivity index (χ4n) is 4.00. The van der Waals surface area contributed by atoms with Crippen molar-refractivity contribution in [2.75, 3.05) is 6.54 Å². The van der Waals surface area contributed by atoms with Gasteiger partial charge in [0.05, 0.1) is 0 Å². The fraction of sp³-hybridized carbons (Fsp3) is 0.733. The minimum absolute atomic E-state index is 0.639. The molecule has 1 aromatic heterocycles. The largest absolute Gasteiger partial charge is 0.310 e. The van der Waals surface area contributed by atoms with Gasteiger partial charge in [-0.25, -0.2) is 0 Å². The van der Waals surface area contributed by atoms with E-state index < -0.39 is 0 Å². The van der Waals surface area contributed by atoms with Gasteiger partial charge in [-0.3, -0.25) is 0 Å². The average Bonchev–Trinajstić information content (AvgIpc) is 2.64. The second-order valence-electron chi connectivity index (χ2n) is 5.74. The number of hydrogen-bond donors (Lipinski definition) is 1. The number of hydrogen-bond acceptors (Lipinski definition) is 2. The van der Waals surface area contributed by atoms with E-state index >= 15 is 0 Å². The van der Waals surface area contributed by atoms with E-state index in [4.69, 9.17) is 0 Å². The van der Waals surface area contributed by atoms with Crippen LogP contribution < -0.4 is 5.32 Å². The number of rotatable bonds is 4. The quantitative estimate of drug-likeness (QED) is 0.848. The summed E-state index contributed by atoms with van der Waals surface area (Å²) >= 11 is 1.96. The van der Waals surface area contributed by atoms with Crippen molar-refractivity contribution >= 4 is 11.3 Å². The van der Waals surface area contributed by atoms with Crippen LogP contribution in [0.5, 0.6) is 0 Å². The normalized spacial score (nSPS) is 32.5. The van der Waals surface area contributed by atoms with Crippen molar-refractivity contribution in [3.05, 3.63) is 21.4 Å². The number of thiophene rings is 1. The number of aryl methyl sites for hydroxylation is 2. The van der Waals surface area contributed by atoms with Crippen LogP contribution in [0.15, 0.2) is 6.07 Å². The predicted molar refractivity (Wildman–Crippen MR) is 74.5 cm³/mol. The van der Waals surface area contributed by atoms with Gasteiger partial charge in [0.1, 0.15) is 0 Å². The van der Waals surface area contributed by atoms with Gasteiger partial charge in [-0.2, -0.15) is 0 Å². The SMILES string of the molecule is CCNC(c1cc(C)sc1C)C1C2CCCC21. The Bertz CT molecular complexity index is 399. The van der Waals surface area contributed by atoms with Crippen LogP contribution in [0.25, 0.3) is 0 Å². The van der Waals surface area contributed by atoms with Gasteiger partial charge in [0.15, 0.2) is 0 Å². The Hall–Kier alpha value is -0.340. The maximum Gasteiger partial charge on any atom is 0.0365 e. The molecule has 0 bridgehead atoms. The third-order valence-corrected chi connectivity index (χ3v) is 5.68. The maximum absolute atomic E-state index is 3.75. The smallest absolute Gasteiger partial charge is 0.0365 e. The molecule has 1 nitrogen and oxygen atoms in total. The zero-order valence-corrected chi connectivity index (χ0v) is 11.9. The molecule has 3 atom stereocenters. The molecule has 1 heterocycles. The first kappa shape index (κ1) is 11.7. The Morgan fingerprint density at radius 3 is 2.59 bits per heavy atom. The van der Waals surface area contributed by atoms with Gasteiger partial charge in [0.2, 0.25) is 0 Å². The molecule has 0 aliphatic heterocycles. The van der Waals surface area contributed by atoms with Crippen molar-refractivity contribution in [1.29, 1.82) is 0 Å². The second-order valence-corrected chi connectivity index (χ2v) is 7.20. The van der Waals surface area contributed by atoms with E-state index in [0.29, 0.717) is 6.04 Å². The highest BCUT2D eigenvalue weighted by molar-refractivity contribution is 7.12. The highest BCUT2D eigenvalue weighted by Crippen LogP contribution is 2.62. The highest BCUT2D eigenvalue weighted by Gasteiger charge is 2.56. The van der Waals surface area contributed by atoms with Crippen LogP contribution >= 0.6 is 11.3 Å². The van der Waals surface area contributed by atoms with E-state index in [-0.39, 0.29) is 0 Å². The van der Waals surface area contributed by atoms with Crippen molar-refractivity contribution < 1.29 is 0 Å². The first-order chi connectivity index (χ1) is 8.22. The van der Waals surface area contributed by atoms with Crippen molar-refractivity contribution in [2.45, 2.75) is 46.1 Å². The van der Waals surface area contributed by atoms with Crippen molar-refractivity contribution in [3.63, 3.8) is 0 Å². The minimum atomic E-state index is 0.639. The van der Waals surface area contributed by atoms with Crippen LogP contribution in [0.3, 0.4) is 0 Å². The molecule has 17 heavy (non-hydrogen) atoms. The summed E-state index contributed by atoms with van der Waals surface area (Å²) in [6.45, 7) is 7.85. The lowest BCUT2D eigenvalue weighted by Gasteiger charge is -2.20. The van der Waals surface area contributed by atoms with Crippen LogP contribution in [0.2, 0.25) is 0 Å². The van der Waals surface area contributed by atoms with Crippen molar-refractivity contribution in [2.24, 2.45) is 17.8 Å². The Morgan fingerprint density at radius 1 is 1.35 bits per heavy atom. The maximum atomic E-state index is 3.75. The van der Waals surface area contributed by atoms with Gasteiger partial charge in [-0.15, -0.1) is 11.3 Å². The monoisotopic (exact) mass is 249 g/mol. The standard InChI is InChI=1S/C15H23NS/c1-4-16-15(13-8-9(2)17-10(13)3)14-11-6-5-7-12(11)14/h8,11-12,14-16H,4-7H2,1-3H3. The van der Waals surface area contributed by atoms with E-state index in [1.165, 1.54) is 29.0 Å². The Kier molecular flexibility index (Phi) is 3.04. The number of nitrogens with one attached hydrogen (secondary N) is 1. The third kappa shape index (κ3) is 1.96. The molecule has 3 rings (SSSR count). The number of fused-ring (bicyclic) bond motifs is 1. The summed E-state index contributed by atoms with van der Waals surface area (Å²) in [5, 5.41) is 3.75. The molecule has 0 radical (unpaired) electrons. The highest BCUT2D eigenvalue weighted by atomic mass is 32.1. The van der Waals surface area contributed by atoms with Crippen LogP contribution in [-0.2, 0) is 0 Å². The summed E-state index contributed by atoms with van der Waals surface area (Å²) in [5.74, 6) is 3.02. The van der Waals surface area contributed by atoms with Gasteiger partial charge >= 0.3 is 0 Å². The molecule has 2 fully saturated rings. The van der Waals surface area contributed by atoms with E-state index in [2.05, 4.69) is 32.2 Å². The first-order valence-corrected chi connectivity index (χ1v) is 7.84. The molecule has 0 saturated heterocycles. The summed E-state index contributed by atoms with van der Waals surface area (Å²) < 4.78 is 0. The van der Waals surface area contributed by atoms with Crippen molar-refractivity contribution in [1.82, 2.24) is 5.32 Å². The van der Waals surface area contributed by atoms with Crippen LogP contribution in [-0.4, -0.2) is 6.54 Å². The lowest BCUT2D eigenvalue weighted by Crippen LogP contribution is -2.24.